The summed E-state index contributed by atoms with van der Waals surface area (Å²) >= 11 is 0. The Bertz CT molecular complexity index is 727. The number of allylic oxidation sites excluding steroid dienone is 3. The molecule has 0 aromatic rings. The second kappa shape index (κ2) is 9.23. The largest absolute Gasteiger partial charge is 0.459 e. The van der Waals surface area contributed by atoms with Crippen LogP contribution in [-0.4, -0.2) is 61.4 Å². The van der Waals surface area contributed by atoms with E-state index in [-0.39, 0.29) is 36.0 Å². The van der Waals surface area contributed by atoms with Crippen LogP contribution in [0.1, 0.15) is 59.8 Å². The van der Waals surface area contributed by atoms with Crippen LogP contribution in [0.5, 0.6) is 0 Å². The summed E-state index contributed by atoms with van der Waals surface area (Å²) in [4.78, 5) is 26.7. The lowest BCUT2D eigenvalue weighted by atomic mass is 9.80. The van der Waals surface area contributed by atoms with Crippen LogP contribution < -0.4 is 0 Å². The van der Waals surface area contributed by atoms with Crippen LogP contribution in [0.15, 0.2) is 23.3 Å². The van der Waals surface area contributed by atoms with Crippen LogP contribution in [0, 0.1) is 11.8 Å². The Morgan fingerprint density at radius 1 is 1.27 bits per heavy atom. The zero-order valence-electron chi connectivity index (χ0n) is 19.3. The van der Waals surface area contributed by atoms with Crippen molar-refractivity contribution < 1.29 is 23.8 Å². The molecule has 6 atom stereocenters. The van der Waals surface area contributed by atoms with Crippen LogP contribution in [0.2, 0.25) is 0 Å². The van der Waals surface area contributed by atoms with Gasteiger partial charge in [0, 0.05) is 19.4 Å². The SMILES string of the molecule is CC(=O)OC1CC2C(C=C(C)CCC=C(C)CCC3OC13C)OC(=O)C2CN(C)C. The van der Waals surface area contributed by atoms with E-state index in [0.29, 0.717) is 13.0 Å². The van der Waals surface area contributed by atoms with E-state index < -0.39 is 11.7 Å². The number of epoxide rings is 1. The van der Waals surface area contributed by atoms with E-state index in [0.717, 1.165) is 25.7 Å². The zero-order valence-corrected chi connectivity index (χ0v) is 19.3. The lowest BCUT2D eigenvalue weighted by Crippen LogP contribution is -2.39. The Morgan fingerprint density at radius 3 is 2.67 bits per heavy atom. The fourth-order valence-electron chi connectivity index (χ4n) is 4.89. The minimum absolute atomic E-state index is 0.0545. The van der Waals surface area contributed by atoms with Gasteiger partial charge in [0.2, 0.25) is 0 Å². The first kappa shape index (κ1) is 23.0. The molecule has 6 unspecified atom stereocenters. The van der Waals surface area contributed by atoms with Gasteiger partial charge in [-0.25, -0.2) is 0 Å². The number of nitrogens with zero attached hydrogens (tertiary/aromatic N) is 1. The van der Waals surface area contributed by atoms with Crippen LogP contribution in [0.3, 0.4) is 0 Å². The van der Waals surface area contributed by atoms with Crippen molar-refractivity contribution in [3.05, 3.63) is 23.3 Å². The Kier molecular flexibility index (Phi) is 7.08. The van der Waals surface area contributed by atoms with Gasteiger partial charge in [-0.3, -0.25) is 9.59 Å². The van der Waals surface area contributed by atoms with E-state index in [2.05, 4.69) is 26.0 Å². The minimum atomic E-state index is -0.506. The van der Waals surface area contributed by atoms with Gasteiger partial charge >= 0.3 is 11.9 Å². The van der Waals surface area contributed by atoms with Gasteiger partial charge < -0.3 is 19.1 Å². The average Bonchev–Trinajstić information content (AvgIpc) is 3.23. The molecule has 0 aromatic heterocycles. The monoisotopic (exact) mass is 419 g/mol. The third-order valence-corrected chi connectivity index (χ3v) is 6.75. The molecule has 168 valence electrons. The van der Waals surface area contributed by atoms with Crippen molar-refractivity contribution in [3.63, 3.8) is 0 Å². The maximum Gasteiger partial charge on any atom is 0.311 e. The van der Waals surface area contributed by atoms with E-state index >= 15 is 0 Å². The van der Waals surface area contributed by atoms with E-state index in [4.69, 9.17) is 14.2 Å². The molecule has 2 saturated heterocycles. The standard InChI is InChI=1S/C24H37NO5/c1-15-8-7-9-16(2)12-20-18(19(14-25(5)6)23(27)29-20)13-22(28-17(3)26)24(4)21(30-24)11-10-15/h8,12,18-22H,7,9-11,13-14H2,1-6H3. The van der Waals surface area contributed by atoms with Crippen molar-refractivity contribution in [1.82, 2.24) is 4.90 Å². The quantitative estimate of drug-likeness (QED) is 0.395. The minimum Gasteiger partial charge on any atom is -0.459 e. The highest BCUT2D eigenvalue weighted by Crippen LogP contribution is 2.48. The van der Waals surface area contributed by atoms with Crippen molar-refractivity contribution in [2.24, 2.45) is 11.8 Å². The van der Waals surface area contributed by atoms with Crippen LogP contribution in [0.4, 0.5) is 0 Å². The average molecular weight is 420 g/mol. The molecule has 0 aromatic carbocycles. The summed E-state index contributed by atoms with van der Waals surface area (Å²) in [5, 5.41) is 0. The predicted molar refractivity (Wildman–Crippen MR) is 115 cm³/mol. The molecule has 2 aliphatic heterocycles. The summed E-state index contributed by atoms with van der Waals surface area (Å²) in [6, 6.07) is 0. The summed E-state index contributed by atoms with van der Waals surface area (Å²) in [5.41, 5.74) is 2.08. The molecule has 3 aliphatic rings. The van der Waals surface area contributed by atoms with E-state index in [1.54, 1.807) is 0 Å². The topological polar surface area (TPSA) is 68.4 Å². The third kappa shape index (κ3) is 5.33. The molecule has 0 radical (unpaired) electrons. The molecule has 6 nitrogen and oxygen atoms in total. The Balaban J connectivity index is 1.93. The molecule has 0 bridgehead atoms. The van der Waals surface area contributed by atoms with E-state index in [9.17, 15) is 9.59 Å². The van der Waals surface area contributed by atoms with Gasteiger partial charge in [-0.2, -0.15) is 0 Å². The van der Waals surface area contributed by atoms with Gasteiger partial charge in [0.1, 0.15) is 17.8 Å². The van der Waals surface area contributed by atoms with Crippen molar-refractivity contribution >= 4 is 11.9 Å². The molecule has 6 heteroatoms. The molecule has 0 spiro atoms. The molecule has 0 saturated carbocycles. The highest BCUT2D eigenvalue weighted by molar-refractivity contribution is 5.76. The van der Waals surface area contributed by atoms with E-state index in [1.807, 2.05) is 25.9 Å². The van der Waals surface area contributed by atoms with Gasteiger partial charge in [-0.15, -0.1) is 0 Å². The molecular formula is C24H37NO5. The van der Waals surface area contributed by atoms with Crippen LogP contribution >= 0.6 is 0 Å². The maximum absolute atomic E-state index is 12.7. The fraction of sp³-hybridized carbons (Fsp3) is 0.750. The Hall–Kier alpha value is -1.66. The number of rotatable bonds is 3. The number of hydrogen-bond acceptors (Lipinski definition) is 6. The second-order valence-electron chi connectivity index (χ2n) is 9.70. The third-order valence-electron chi connectivity index (χ3n) is 6.75. The first-order chi connectivity index (χ1) is 14.1. The van der Waals surface area contributed by atoms with Gasteiger partial charge in [-0.1, -0.05) is 17.2 Å². The number of fused-ring (bicyclic) bond motifs is 2. The predicted octanol–water partition coefficient (Wildman–Crippen LogP) is 3.65. The first-order valence-electron chi connectivity index (χ1n) is 11.1. The van der Waals surface area contributed by atoms with Crippen LogP contribution in [0.25, 0.3) is 0 Å². The molecule has 30 heavy (non-hydrogen) atoms. The van der Waals surface area contributed by atoms with Gasteiger partial charge in [0.05, 0.1) is 12.0 Å². The van der Waals surface area contributed by atoms with Gasteiger partial charge in [-0.05, 0) is 73.0 Å². The van der Waals surface area contributed by atoms with Gasteiger partial charge in [0.25, 0.3) is 0 Å². The Morgan fingerprint density at radius 2 is 2.00 bits per heavy atom. The van der Waals surface area contributed by atoms with Crippen molar-refractivity contribution in [2.45, 2.75) is 83.7 Å². The molecule has 3 rings (SSSR count). The molecule has 0 amide bonds. The summed E-state index contributed by atoms with van der Waals surface area (Å²) in [7, 11) is 3.93. The molecule has 0 N–H and O–H groups in total. The van der Waals surface area contributed by atoms with Gasteiger partial charge in [0.15, 0.2) is 0 Å². The van der Waals surface area contributed by atoms with E-state index in [1.165, 1.54) is 18.1 Å². The zero-order chi connectivity index (χ0) is 22.1. The number of esters is 2. The summed E-state index contributed by atoms with van der Waals surface area (Å²) in [5.74, 6) is -0.780. The van der Waals surface area contributed by atoms with Crippen molar-refractivity contribution in [2.75, 3.05) is 20.6 Å². The normalized spacial score (nSPS) is 37.3. The van der Waals surface area contributed by atoms with Crippen LogP contribution in [-0.2, 0) is 23.8 Å². The number of ether oxygens (including phenoxy) is 3. The molecule has 1 aliphatic carbocycles. The smallest absolute Gasteiger partial charge is 0.311 e. The number of hydrogen-bond donors (Lipinski definition) is 0. The number of carbonyl (C=O) groups excluding carboxylic acids is 2. The molecular weight excluding hydrogens is 382 g/mol. The lowest BCUT2D eigenvalue weighted by molar-refractivity contribution is -0.151. The van der Waals surface area contributed by atoms with Crippen molar-refractivity contribution in [3.8, 4) is 0 Å². The van der Waals surface area contributed by atoms with Crippen molar-refractivity contribution in [1.29, 1.82) is 0 Å². The highest BCUT2D eigenvalue weighted by Gasteiger charge is 2.60. The second-order valence-corrected chi connectivity index (χ2v) is 9.70. The number of carbonyl (C=O) groups is 2. The maximum atomic E-state index is 12.7. The highest BCUT2D eigenvalue weighted by atomic mass is 16.6. The molecule has 2 heterocycles. The lowest BCUT2D eigenvalue weighted by Gasteiger charge is -2.29. The fourth-order valence-corrected chi connectivity index (χ4v) is 4.89. The summed E-state index contributed by atoms with van der Waals surface area (Å²) < 4.78 is 17.7. The summed E-state index contributed by atoms with van der Waals surface area (Å²) in [6.07, 6.45) is 8.14. The first-order valence-corrected chi connectivity index (χ1v) is 11.1. The molecule has 2 fully saturated rings. The summed E-state index contributed by atoms with van der Waals surface area (Å²) in [6.45, 7) is 8.35. The Labute approximate surface area is 180 Å².